The van der Waals surface area contributed by atoms with E-state index in [1.807, 2.05) is 12.1 Å². The van der Waals surface area contributed by atoms with E-state index in [1.165, 1.54) is 24.0 Å². The fourth-order valence-corrected chi connectivity index (χ4v) is 2.33. The number of aryl methyl sites for hydroxylation is 1. The summed E-state index contributed by atoms with van der Waals surface area (Å²) in [6.07, 6.45) is 4.73. The summed E-state index contributed by atoms with van der Waals surface area (Å²) in [6, 6.07) is 6.25. The zero-order valence-corrected chi connectivity index (χ0v) is 8.93. The summed E-state index contributed by atoms with van der Waals surface area (Å²) in [5.74, 6) is 0.346. The highest BCUT2D eigenvalue weighted by Gasteiger charge is 2.15. The average molecular weight is 215 g/mol. The number of benzene rings is 1. The van der Waals surface area contributed by atoms with Gasteiger partial charge in [-0.05, 0) is 53.3 Å². The summed E-state index contributed by atoms with van der Waals surface area (Å²) in [6.45, 7) is 0. The highest BCUT2D eigenvalue weighted by molar-refractivity contribution is 5.48. The fraction of sp³-hybridized carbons (Fsp3) is 0.364. The number of rotatable bonds is 1. The molecule has 1 aromatic heterocycles. The lowest BCUT2D eigenvalue weighted by atomic mass is 9.90. The Hall–Kier alpha value is -1.91. The number of anilines is 1. The molecule has 1 aromatic carbocycles. The van der Waals surface area contributed by atoms with Gasteiger partial charge in [-0.3, -0.25) is 0 Å². The van der Waals surface area contributed by atoms with Gasteiger partial charge in [0, 0.05) is 0 Å². The maximum Gasteiger partial charge on any atom is 0.245 e. The Kier molecular flexibility index (Phi) is 2.09. The zero-order chi connectivity index (χ0) is 11.0. The predicted octanol–water partition coefficient (Wildman–Crippen LogP) is 1.12. The number of tetrazole rings is 1. The van der Waals surface area contributed by atoms with Gasteiger partial charge >= 0.3 is 0 Å². The number of nitrogens with two attached hydrogens (primary N) is 1. The molecule has 0 aliphatic heterocycles. The molecule has 82 valence electrons. The Bertz CT molecular complexity index is 517. The second kappa shape index (κ2) is 3.59. The van der Waals surface area contributed by atoms with Crippen LogP contribution < -0.4 is 5.73 Å². The molecule has 0 bridgehead atoms. The van der Waals surface area contributed by atoms with E-state index in [9.17, 15) is 0 Å². The Morgan fingerprint density at radius 2 is 2.06 bits per heavy atom. The van der Waals surface area contributed by atoms with Crippen LogP contribution in [0.5, 0.6) is 0 Å². The monoisotopic (exact) mass is 215 g/mol. The van der Waals surface area contributed by atoms with Crippen LogP contribution in [0.4, 0.5) is 5.95 Å². The van der Waals surface area contributed by atoms with Gasteiger partial charge in [0.1, 0.15) is 0 Å². The van der Waals surface area contributed by atoms with Crippen LogP contribution >= 0.6 is 0 Å². The molecular weight excluding hydrogens is 202 g/mol. The molecule has 16 heavy (non-hydrogen) atoms. The summed E-state index contributed by atoms with van der Waals surface area (Å²) in [5, 5.41) is 11.2. The van der Waals surface area contributed by atoms with Gasteiger partial charge in [0.2, 0.25) is 5.95 Å². The molecule has 0 unspecified atom stereocenters. The summed E-state index contributed by atoms with van der Waals surface area (Å²) in [5.41, 5.74) is 9.50. The van der Waals surface area contributed by atoms with Gasteiger partial charge in [0.15, 0.2) is 0 Å². The quantitative estimate of drug-likeness (QED) is 0.774. The third-order valence-corrected chi connectivity index (χ3v) is 3.09. The maximum absolute atomic E-state index is 5.73. The van der Waals surface area contributed by atoms with Crippen molar-refractivity contribution in [3.05, 3.63) is 29.3 Å². The largest absolute Gasteiger partial charge is 0.366 e. The molecule has 2 aromatic rings. The third-order valence-electron chi connectivity index (χ3n) is 3.09. The van der Waals surface area contributed by atoms with E-state index >= 15 is 0 Å². The zero-order valence-electron chi connectivity index (χ0n) is 8.93. The molecule has 5 heteroatoms. The molecule has 0 amide bonds. The maximum atomic E-state index is 5.73. The predicted molar refractivity (Wildman–Crippen MR) is 60.2 cm³/mol. The van der Waals surface area contributed by atoms with Gasteiger partial charge in [0.05, 0.1) is 5.69 Å². The van der Waals surface area contributed by atoms with E-state index in [4.69, 9.17) is 5.73 Å². The first-order valence-corrected chi connectivity index (χ1v) is 5.51. The van der Waals surface area contributed by atoms with Gasteiger partial charge in [-0.25, -0.2) is 0 Å². The smallest absolute Gasteiger partial charge is 0.245 e. The first-order chi connectivity index (χ1) is 7.86. The lowest BCUT2D eigenvalue weighted by molar-refractivity contribution is 0.674. The van der Waals surface area contributed by atoms with Crippen LogP contribution in [-0.2, 0) is 12.8 Å². The molecule has 0 atom stereocenters. The van der Waals surface area contributed by atoms with Crippen LogP contribution in [0, 0.1) is 0 Å². The van der Waals surface area contributed by atoms with Crippen molar-refractivity contribution in [1.29, 1.82) is 0 Å². The van der Waals surface area contributed by atoms with E-state index in [2.05, 4.69) is 21.6 Å². The molecule has 0 saturated heterocycles. The number of hydrogen-bond donors (Lipinski definition) is 1. The van der Waals surface area contributed by atoms with Crippen LogP contribution in [0.1, 0.15) is 24.0 Å². The molecule has 1 aliphatic carbocycles. The fourth-order valence-electron chi connectivity index (χ4n) is 2.33. The van der Waals surface area contributed by atoms with Crippen molar-refractivity contribution >= 4 is 5.95 Å². The normalized spacial score (nSPS) is 14.8. The summed E-state index contributed by atoms with van der Waals surface area (Å²) in [4.78, 5) is 0. The Morgan fingerprint density at radius 3 is 2.88 bits per heavy atom. The SMILES string of the molecule is Nc1nnnn1-c1cccc2c1CCCC2. The second-order valence-corrected chi connectivity index (χ2v) is 4.07. The topological polar surface area (TPSA) is 69.6 Å². The molecule has 1 heterocycles. The summed E-state index contributed by atoms with van der Waals surface area (Å²) >= 11 is 0. The molecule has 0 radical (unpaired) electrons. The number of nitrogens with zero attached hydrogens (tertiary/aromatic N) is 4. The van der Waals surface area contributed by atoms with Gasteiger partial charge < -0.3 is 5.73 Å². The van der Waals surface area contributed by atoms with Crippen LogP contribution in [-0.4, -0.2) is 20.2 Å². The van der Waals surface area contributed by atoms with E-state index in [1.54, 1.807) is 4.68 Å². The Morgan fingerprint density at radius 1 is 1.19 bits per heavy atom. The van der Waals surface area contributed by atoms with Crippen molar-refractivity contribution in [3.8, 4) is 5.69 Å². The number of nitrogen functional groups attached to an aromatic ring is 1. The first kappa shape index (κ1) is 9.33. The minimum atomic E-state index is 0.346. The van der Waals surface area contributed by atoms with Crippen molar-refractivity contribution < 1.29 is 0 Å². The molecule has 1 aliphatic rings. The minimum absolute atomic E-state index is 0.346. The second-order valence-electron chi connectivity index (χ2n) is 4.07. The van der Waals surface area contributed by atoms with Crippen molar-refractivity contribution in [1.82, 2.24) is 20.2 Å². The third kappa shape index (κ3) is 1.36. The van der Waals surface area contributed by atoms with E-state index in [0.29, 0.717) is 5.95 Å². The standard InChI is InChI=1S/C11H13N5/c12-11-13-14-15-16(11)10-7-3-5-8-4-1-2-6-9(8)10/h3,5,7H,1-2,4,6H2,(H2,12,13,15). The Labute approximate surface area is 93.3 Å². The van der Waals surface area contributed by atoms with Crippen molar-refractivity contribution in [2.45, 2.75) is 25.7 Å². The van der Waals surface area contributed by atoms with Gasteiger partial charge in [-0.1, -0.05) is 17.2 Å². The summed E-state index contributed by atoms with van der Waals surface area (Å²) in [7, 11) is 0. The number of aromatic nitrogens is 4. The first-order valence-electron chi connectivity index (χ1n) is 5.51. The Balaban J connectivity index is 2.18. The van der Waals surface area contributed by atoms with Crippen LogP contribution in [0.25, 0.3) is 5.69 Å². The van der Waals surface area contributed by atoms with Crippen LogP contribution in [0.15, 0.2) is 18.2 Å². The number of hydrogen-bond acceptors (Lipinski definition) is 4. The van der Waals surface area contributed by atoms with Crippen molar-refractivity contribution in [2.75, 3.05) is 5.73 Å². The molecule has 0 saturated carbocycles. The van der Waals surface area contributed by atoms with Crippen LogP contribution in [0.3, 0.4) is 0 Å². The average Bonchev–Trinajstić information content (AvgIpc) is 2.75. The summed E-state index contributed by atoms with van der Waals surface area (Å²) < 4.78 is 1.62. The highest BCUT2D eigenvalue weighted by Crippen LogP contribution is 2.26. The molecule has 3 rings (SSSR count). The molecular formula is C11H13N5. The van der Waals surface area contributed by atoms with Crippen molar-refractivity contribution in [2.24, 2.45) is 0 Å². The van der Waals surface area contributed by atoms with Gasteiger partial charge in [-0.15, -0.1) is 0 Å². The van der Waals surface area contributed by atoms with Crippen LogP contribution in [0.2, 0.25) is 0 Å². The van der Waals surface area contributed by atoms with Gasteiger partial charge in [0.25, 0.3) is 0 Å². The minimum Gasteiger partial charge on any atom is -0.366 e. The van der Waals surface area contributed by atoms with Gasteiger partial charge in [-0.2, -0.15) is 4.68 Å². The molecule has 2 N–H and O–H groups in total. The lowest BCUT2D eigenvalue weighted by Gasteiger charge is -2.18. The lowest BCUT2D eigenvalue weighted by Crippen LogP contribution is -2.10. The van der Waals surface area contributed by atoms with Crippen molar-refractivity contribution in [3.63, 3.8) is 0 Å². The van der Waals surface area contributed by atoms with E-state index in [-0.39, 0.29) is 0 Å². The molecule has 0 spiro atoms. The van der Waals surface area contributed by atoms with E-state index in [0.717, 1.165) is 18.5 Å². The number of fused-ring (bicyclic) bond motifs is 1. The molecule has 0 fully saturated rings. The molecule has 5 nitrogen and oxygen atoms in total. The van der Waals surface area contributed by atoms with E-state index < -0.39 is 0 Å². The highest BCUT2D eigenvalue weighted by atomic mass is 15.6.